The lowest BCUT2D eigenvalue weighted by molar-refractivity contribution is 0.195. The van der Waals surface area contributed by atoms with Crippen LogP contribution in [0, 0.1) is 19.7 Å². The average Bonchev–Trinajstić information content (AvgIpc) is 3.11. The number of nitrogens with one attached hydrogen (secondary N) is 1. The van der Waals surface area contributed by atoms with Crippen molar-refractivity contribution in [2.75, 3.05) is 11.9 Å². The van der Waals surface area contributed by atoms with Gasteiger partial charge in [-0.1, -0.05) is 11.2 Å². The van der Waals surface area contributed by atoms with Crippen LogP contribution in [0.4, 0.5) is 14.9 Å². The fourth-order valence-electron chi connectivity index (χ4n) is 2.71. The van der Waals surface area contributed by atoms with Crippen molar-refractivity contribution in [1.29, 1.82) is 0 Å². The quantitative estimate of drug-likeness (QED) is 0.918. The van der Waals surface area contributed by atoms with Gasteiger partial charge in [-0.2, -0.15) is 0 Å². The van der Waals surface area contributed by atoms with Gasteiger partial charge in [-0.15, -0.1) is 0 Å². The molecule has 2 aromatic rings. The number of hydrogen-bond acceptors (Lipinski definition) is 3. The van der Waals surface area contributed by atoms with Crippen LogP contribution in [-0.4, -0.2) is 22.6 Å². The van der Waals surface area contributed by atoms with E-state index >= 15 is 0 Å². The molecule has 22 heavy (non-hydrogen) atoms. The van der Waals surface area contributed by atoms with Crippen molar-refractivity contribution in [2.24, 2.45) is 0 Å². The first kappa shape index (κ1) is 14.6. The highest BCUT2D eigenvalue weighted by Crippen LogP contribution is 2.32. The summed E-state index contributed by atoms with van der Waals surface area (Å²) in [5.41, 5.74) is 1.80. The zero-order chi connectivity index (χ0) is 15.7. The third-order valence-electron chi connectivity index (χ3n) is 3.91. The molecule has 1 aromatic heterocycles. The molecule has 0 aliphatic carbocycles. The number of halogens is 1. The summed E-state index contributed by atoms with van der Waals surface area (Å²) in [7, 11) is 0. The van der Waals surface area contributed by atoms with Crippen molar-refractivity contribution >= 4 is 11.7 Å². The van der Waals surface area contributed by atoms with E-state index in [0.29, 0.717) is 23.6 Å². The van der Waals surface area contributed by atoms with Gasteiger partial charge in [0.2, 0.25) is 0 Å². The predicted molar refractivity (Wildman–Crippen MR) is 80.1 cm³/mol. The van der Waals surface area contributed by atoms with Crippen LogP contribution in [0.3, 0.4) is 0 Å². The summed E-state index contributed by atoms with van der Waals surface area (Å²) >= 11 is 0. The highest BCUT2D eigenvalue weighted by atomic mass is 19.1. The van der Waals surface area contributed by atoms with Gasteiger partial charge in [-0.25, -0.2) is 9.18 Å². The molecule has 0 unspecified atom stereocenters. The second-order valence-electron chi connectivity index (χ2n) is 5.62. The molecule has 0 radical (unpaired) electrons. The van der Waals surface area contributed by atoms with Gasteiger partial charge < -0.3 is 14.7 Å². The molecule has 1 fully saturated rings. The molecule has 0 spiro atoms. The van der Waals surface area contributed by atoms with E-state index in [2.05, 4.69) is 10.5 Å². The van der Waals surface area contributed by atoms with E-state index in [4.69, 9.17) is 4.52 Å². The van der Waals surface area contributed by atoms with Crippen LogP contribution in [0.25, 0.3) is 0 Å². The van der Waals surface area contributed by atoms with Gasteiger partial charge in [0.1, 0.15) is 5.82 Å². The number of likely N-dealkylation sites (tertiary alicyclic amines) is 1. The Kier molecular flexibility index (Phi) is 3.83. The van der Waals surface area contributed by atoms with E-state index in [1.165, 1.54) is 6.07 Å². The molecule has 116 valence electrons. The first-order chi connectivity index (χ1) is 10.5. The lowest BCUT2D eigenvalue weighted by atomic mass is 10.1. The first-order valence-corrected chi connectivity index (χ1v) is 7.31. The first-order valence-electron chi connectivity index (χ1n) is 7.31. The van der Waals surface area contributed by atoms with Gasteiger partial charge in [0, 0.05) is 18.3 Å². The second-order valence-corrected chi connectivity index (χ2v) is 5.62. The lowest BCUT2D eigenvalue weighted by Crippen LogP contribution is -2.34. The Morgan fingerprint density at radius 2 is 2.23 bits per heavy atom. The monoisotopic (exact) mass is 303 g/mol. The summed E-state index contributed by atoms with van der Waals surface area (Å²) < 4.78 is 18.8. The summed E-state index contributed by atoms with van der Waals surface area (Å²) in [6, 6.07) is 6.15. The van der Waals surface area contributed by atoms with Gasteiger partial charge in [-0.3, -0.25) is 0 Å². The fourth-order valence-corrected chi connectivity index (χ4v) is 2.71. The minimum absolute atomic E-state index is 0.114. The number of urea groups is 1. The van der Waals surface area contributed by atoms with Crippen molar-refractivity contribution in [1.82, 2.24) is 10.1 Å². The largest absolute Gasteiger partial charge is 0.359 e. The molecular weight excluding hydrogens is 285 g/mol. The molecule has 0 bridgehead atoms. The van der Waals surface area contributed by atoms with Crippen molar-refractivity contribution in [3.63, 3.8) is 0 Å². The Morgan fingerprint density at radius 3 is 2.91 bits per heavy atom. The number of hydrogen-bond donors (Lipinski definition) is 1. The van der Waals surface area contributed by atoms with Crippen molar-refractivity contribution in [3.8, 4) is 0 Å². The number of aryl methyl sites for hydroxylation is 2. The van der Waals surface area contributed by atoms with Crippen LogP contribution < -0.4 is 5.32 Å². The average molecular weight is 303 g/mol. The summed E-state index contributed by atoms with van der Waals surface area (Å²) in [5.74, 6) is 0.363. The molecule has 6 heteroatoms. The Morgan fingerprint density at radius 1 is 1.41 bits per heavy atom. The van der Waals surface area contributed by atoms with E-state index in [9.17, 15) is 9.18 Å². The van der Waals surface area contributed by atoms with Crippen LogP contribution in [-0.2, 0) is 0 Å². The number of aromatic nitrogens is 1. The number of benzene rings is 1. The van der Waals surface area contributed by atoms with Gasteiger partial charge in [-0.05, 0) is 44.4 Å². The van der Waals surface area contributed by atoms with Gasteiger partial charge in [0.15, 0.2) is 5.76 Å². The van der Waals surface area contributed by atoms with Gasteiger partial charge >= 0.3 is 6.03 Å². The molecule has 1 aliphatic heterocycles. The van der Waals surface area contributed by atoms with E-state index < -0.39 is 0 Å². The highest BCUT2D eigenvalue weighted by Gasteiger charge is 2.32. The Labute approximate surface area is 128 Å². The van der Waals surface area contributed by atoms with Crippen LogP contribution in [0.2, 0.25) is 0 Å². The number of rotatable bonds is 2. The van der Waals surface area contributed by atoms with Crippen LogP contribution in [0.1, 0.15) is 35.9 Å². The Hall–Kier alpha value is -2.37. The summed E-state index contributed by atoms with van der Waals surface area (Å²) in [5, 5.41) is 6.62. The maximum absolute atomic E-state index is 13.6. The van der Waals surface area contributed by atoms with E-state index in [-0.39, 0.29) is 17.9 Å². The normalized spacial score (nSPS) is 17.8. The number of carbonyl (C=O) groups is 1. The zero-order valence-corrected chi connectivity index (χ0v) is 12.6. The van der Waals surface area contributed by atoms with Crippen molar-refractivity contribution < 1.29 is 13.7 Å². The van der Waals surface area contributed by atoms with Crippen molar-refractivity contribution in [3.05, 3.63) is 47.1 Å². The Balaban J connectivity index is 1.74. The maximum atomic E-state index is 13.6. The van der Waals surface area contributed by atoms with Crippen LogP contribution in [0.5, 0.6) is 0 Å². The molecule has 1 saturated heterocycles. The molecule has 1 aliphatic rings. The van der Waals surface area contributed by atoms with Crippen LogP contribution in [0.15, 0.2) is 28.8 Å². The number of amides is 2. The summed E-state index contributed by atoms with van der Waals surface area (Å²) in [6.45, 7) is 4.18. The lowest BCUT2D eigenvalue weighted by Gasteiger charge is -2.23. The van der Waals surface area contributed by atoms with Crippen LogP contribution >= 0.6 is 0 Å². The Bertz CT molecular complexity index is 698. The van der Waals surface area contributed by atoms with Crippen molar-refractivity contribution in [2.45, 2.75) is 32.7 Å². The number of carbonyl (C=O) groups excluding carboxylic acids is 1. The summed E-state index contributed by atoms with van der Waals surface area (Å²) in [6.07, 6.45) is 1.74. The highest BCUT2D eigenvalue weighted by molar-refractivity contribution is 5.89. The minimum atomic E-state index is -0.332. The third-order valence-corrected chi connectivity index (χ3v) is 3.91. The number of anilines is 1. The predicted octanol–water partition coefficient (Wildman–Crippen LogP) is 3.80. The van der Waals surface area contributed by atoms with Gasteiger partial charge in [0.05, 0.1) is 11.7 Å². The molecule has 5 nitrogen and oxygen atoms in total. The molecule has 2 amide bonds. The smallest absolute Gasteiger partial charge is 0.322 e. The molecule has 3 rings (SSSR count). The topological polar surface area (TPSA) is 58.4 Å². The van der Waals surface area contributed by atoms with Gasteiger partial charge in [0.25, 0.3) is 0 Å². The molecule has 0 saturated carbocycles. The standard InChI is InChI=1S/C16H18FN3O2/c1-10-5-6-12(9-13(10)17)18-16(21)20-7-3-4-14(20)15-8-11(2)19-22-15/h5-6,8-9,14H,3-4,7H2,1-2H3,(H,18,21)/t14-/m0/s1. The molecule has 1 N–H and O–H groups in total. The van der Waals surface area contributed by atoms with E-state index in [1.807, 2.05) is 13.0 Å². The van der Waals surface area contributed by atoms with E-state index in [1.54, 1.807) is 24.0 Å². The summed E-state index contributed by atoms with van der Waals surface area (Å²) in [4.78, 5) is 14.1. The number of nitrogens with zero attached hydrogens (tertiary/aromatic N) is 2. The molecular formula is C16H18FN3O2. The minimum Gasteiger partial charge on any atom is -0.359 e. The second kappa shape index (κ2) is 5.79. The third kappa shape index (κ3) is 2.81. The molecule has 1 aromatic carbocycles. The fraction of sp³-hybridized carbons (Fsp3) is 0.375. The zero-order valence-electron chi connectivity index (χ0n) is 12.6. The SMILES string of the molecule is Cc1cc([C@@H]2CCCN2C(=O)Nc2ccc(C)c(F)c2)on1. The van der Waals surface area contributed by atoms with E-state index in [0.717, 1.165) is 18.5 Å². The maximum Gasteiger partial charge on any atom is 0.322 e. The molecule has 1 atom stereocenters. The molecule has 2 heterocycles.